The van der Waals surface area contributed by atoms with Gasteiger partial charge in [0.25, 0.3) is 0 Å². The molecule has 1 unspecified atom stereocenters. The molecule has 0 aliphatic rings. The molecule has 0 aromatic heterocycles. The van der Waals surface area contributed by atoms with Gasteiger partial charge in [-0.25, -0.2) is 0 Å². The Morgan fingerprint density at radius 2 is 2.10 bits per heavy atom. The summed E-state index contributed by atoms with van der Waals surface area (Å²) in [7, 11) is 0. The largest absolute Gasteiger partial charge is 0.516 e. The molecule has 0 bridgehead atoms. The topological polar surface area (TPSA) is 20.2 Å². The number of unbranched alkanes of at least 4 members (excludes halogenated alkanes) is 1. The lowest BCUT2D eigenvalue weighted by molar-refractivity contribution is 0.470. The first kappa shape index (κ1) is 10.5. The number of aliphatic hydroxyl groups excluding tert-OH is 1. The Kier molecular flexibility index (Phi) is 7.99. The third kappa shape index (κ3) is 6.62. The van der Waals surface area contributed by atoms with Crippen LogP contribution in [0, 0.1) is 0 Å². The van der Waals surface area contributed by atoms with Crippen molar-refractivity contribution in [2.45, 2.75) is 24.1 Å². The molecule has 1 atom stereocenters. The van der Waals surface area contributed by atoms with E-state index in [1.165, 1.54) is 12.8 Å². The van der Waals surface area contributed by atoms with Gasteiger partial charge in [-0.05, 0) is 18.9 Å². The van der Waals surface area contributed by atoms with E-state index in [0.29, 0.717) is 4.83 Å². The molecule has 0 heterocycles. The fourth-order valence-electron chi connectivity index (χ4n) is 0.623. The van der Waals surface area contributed by atoms with Crippen LogP contribution in [0.2, 0.25) is 0 Å². The average Bonchev–Trinajstić information content (AvgIpc) is 1.89. The van der Waals surface area contributed by atoms with Crippen LogP contribution in [-0.4, -0.2) is 15.3 Å². The van der Waals surface area contributed by atoms with E-state index in [4.69, 9.17) is 5.11 Å². The smallest absolute Gasteiger partial charge is 0.0762 e. The zero-order chi connectivity index (χ0) is 7.82. The molecule has 0 fully saturated rings. The first-order valence-electron chi connectivity index (χ1n) is 3.32. The van der Waals surface area contributed by atoms with Gasteiger partial charge in [0.1, 0.15) is 0 Å². The SMILES string of the molecule is OC=CC(Br)CCCCBr. The number of hydrogen-bond acceptors (Lipinski definition) is 1. The highest BCUT2D eigenvalue weighted by atomic mass is 79.9. The van der Waals surface area contributed by atoms with Gasteiger partial charge in [0.15, 0.2) is 0 Å². The first-order valence-corrected chi connectivity index (χ1v) is 5.36. The molecule has 0 saturated carbocycles. The zero-order valence-corrected chi connectivity index (χ0v) is 8.94. The lowest BCUT2D eigenvalue weighted by Gasteiger charge is -2.00. The van der Waals surface area contributed by atoms with Gasteiger partial charge in [-0.1, -0.05) is 38.3 Å². The van der Waals surface area contributed by atoms with E-state index in [1.54, 1.807) is 6.08 Å². The van der Waals surface area contributed by atoms with Crippen molar-refractivity contribution in [3.05, 3.63) is 12.3 Å². The van der Waals surface area contributed by atoms with Gasteiger partial charge >= 0.3 is 0 Å². The lowest BCUT2D eigenvalue weighted by atomic mass is 10.2. The molecule has 10 heavy (non-hydrogen) atoms. The van der Waals surface area contributed by atoms with E-state index >= 15 is 0 Å². The fraction of sp³-hybridized carbons (Fsp3) is 0.714. The Morgan fingerprint density at radius 1 is 1.40 bits per heavy atom. The maximum atomic E-state index is 8.37. The molecule has 0 aliphatic heterocycles. The predicted octanol–water partition coefficient (Wildman–Crippen LogP) is 3.39. The second kappa shape index (κ2) is 7.61. The minimum absolute atomic E-state index is 0.330. The maximum absolute atomic E-state index is 8.37. The van der Waals surface area contributed by atoms with Gasteiger partial charge in [-0.15, -0.1) is 0 Å². The minimum atomic E-state index is 0.330. The van der Waals surface area contributed by atoms with Crippen molar-refractivity contribution >= 4 is 31.9 Å². The van der Waals surface area contributed by atoms with Crippen LogP contribution in [0.4, 0.5) is 0 Å². The number of aliphatic hydroxyl groups is 1. The van der Waals surface area contributed by atoms with Gasteiger partial charge in [0.05, 0.1) is 6.26 Å². The molecule has 0 radical (unpaired) electrons. The van der Waals surface area contributed by atoms with Gasteiger partial charge in [-0.3, -0.25) is 0 Å². The Bertz CT molecular complexity index is 93.6. The normalized spacial score (nSPS) is 14.2. The molecule has 0 spiro atoms. The lowest BCUT2D eigenvalue weighted by Crippen LogP contribution is -1.92. The van der Waals surface area contributed by atoms with E-state index in [-0.39, 0.29) is 0 Å². The first-order chi connectivity index (χ1) is 4.81. The van der Waals surface area contributed by atoms with E-state index in [9.17, 15) is 0 Å². The minimum Gasteiger partial charge on any atom is -0.516 e. The molecule has 0 saturated heterocycles. The summed E-state index contributed by atoms with van der Waals surface area (Å²) in [6.45, 7) is 0. The van der Waals surface area contributed by atoms with Crippen molar-refractivity contribution in [2.75, 3.05) is 5.33 Å². The molecule has 3 heteroatoms. The number of alkyl halides is 2. The fourth-order valence-corrected chi connectivity index (χ4v) is 1.48. The Morgan fingerprint density at radius 3 is 2.60 bits per heavy atom. The molecule has 0 rings (SSSR count). The summed E-state index contributed by atoms with van der Waals surface area (Å²) in [6.07, 6.45) is 6.30. The van der Waals surface area contributed by atoms with Crippen LogP contribution in [0.15, 0.2) is 12.3 Å². The summed E-state index contributed by atoms with van der Waals surface area (Å²) in [5, 5.41) is 9.44. The van der Waals surface area contributed by atoms with Gasteiger partial charge in [-0.2, -0.15) is 0 Å². The number of hydrogen-bond donors (Lipinski definition) is 1. The summed E-state index contributed by atoms with van der Waals surface area (Å²) in [4.78, 5) is 0.330. The van der Waals surface area contributed by atoms with Crippen LogP contribution in [0.3, 0.4) is 0 Å². The van der Waals surface area contributed by atoms with Gasteiger partial charge in [0.2, 0.25) is 0 Å². The molecule has 1 nitrogen and oxygen atoms in total. The molecule has 0 aliphatic carbocycles. The van der Waals surface area contributed by atoms with Crippen molar-refractivity contribution in [1.82, 2.24) is 0 Å². The average molecular weight is 272 g/mol. The molecule has 1 N–H and O–H groups in total. The monoisotopic (exact) mass is 270 g/mol. The van der Waals surface area contributed by atoms with E-state index in [2.05, 4.69) is 31.9 Å². The Balaban J connectivity index is 3.13. The highest BCUT2D eigenvalue weighted by Gasteiger charge is 1.97. The zero-order valence-electron chi connectivity index (χ0n) is 5.76. The van der Waals surface area contributed by atoms with Crippen molar-refractivity contribution in [2.24, 2.45) is 0 Å². The third-order valence-corrected chi connectivity index (χ3v) is 2.48. The van der Waals surface area contributed by atoms with E-state index in [1.807, 2.05) is 0 Å². The number of allylic oxidation sites excluding steroid dienone is 1. The van der Waals surface area contributed by atoms with E-state index < -0.39 is 0 Å². The quantitative estimate of drug-likeness (QED) is 0.462. The molecule has 0 aromatic rings. The molecular weight excluding hydrogens is 260 g/mol. The van der Waals surface area contributed by atoms with Crippen LogP contribution in [0.25, 0.3) is 0 Å². The highest BCUT2D eigenvalue weighted by molar-refractivity contribution is 9.09. The number of rotatable bonds is 5. The highest BCUT2D eigenvalue weighted by Crippen LogP contribution is 2.11. The summed E-state index contributed by atoms with van der Waals surface area (Å²) in [5.41, 5.74) is 0. The maximum Gasteiger partial charge on any atom is 0.0762 e. The van der Waals surface area contributed by atoms with Crippen molar-refractivity contribution in [3.8, 4) is 0 Å². The predicted molar refractivity (Wildman–Crippen MR) is 52.1 cm³/mol. The summed E-state index contributed by atoms with van der Waals surface area (Å²) in [6, 6.07) is 0. The van der Waals surface area contributed by atoms with Crippen LogP contribution in [-0.2, 0) is 0 Å². The summed E-state index contributed by atoms with van der Waals surface area (Å²) < 4.78 is 0. The van der Waals surface area contributed by atoms with Crippen molar-refractivity contribution in [3.63, 3.8) is 0 Å². The van der Waals surface area contributed by atoms with Crippen LogP contribution >= 0.6 is 31.9 Å². The molecule has 60 valence electrons. The summed E-state index contributed by atoms with van der Waals surface area (Å²) in [5.74, 6) is 0. The Labute approximate surface area is 78.8 Å². The molecular formula is C7H12Br2O. The molecule has 0 amide bonds. The Hall–Kier alpha value is 0.500. The second-order valence-corrected chi connectivity index (χ2v) is 4.01. The standard InChI is InChI=1S/C7H12Br2O/c8-5-2-1-3-7(9)4-6-10/h4,6-7,10H,1-3,5H2. The third-order valence-electron chi connectivity index (χ3n) is 1.16. The van der Waals surface area contributed by atoms with Crippen LogP contribution < -0.4 is 0 Å². The van der Waals surface area contributed by atoms with Crippen LogP contribution in [0.5, 0.6) is 0 Å². The van der Waals surface area contributed by atoms with Gasteiger partial charge < -0.3 is 5.11 Å². The molecule has 0 aromatic carbocycles. The van der Waals surface area contributed by atoms with E-state index in [0.717, 1.165) is 18.0 Å². The van der Waals surface area contributed by atoms with Gasteiger partial charge in [0, 0.05) is 10.2 Å². The summed E-state index contributed by atoms with van der Waals surface area (Å²) >= 11 is 6.76. The van der Waals surface area contributed by atoms with Crippen molar-refractivity contribution < 1.29 is 5.11 Å². The van der Waals surface area contributed by atoms with Crippen LogP contribution in [0.1, 0.15) is 19.3 Å². The van der Waals surface area contributed by atoms with Crippen molar-refractivity contribution in [1.29, 1.82) is 0 Å². The number of halogens is 2. The second-order valence-electron chi connectivity index (χ2n) is 2.04.